The van der Waals surface area contributed by atoms with Gasteiger partial charge in [-0.05, 0) is 23.6 Å². The van der Waals surface area contributed by atoms with Crippen LogP contribution in [0.3, 0.4) is 0 Å². The first-order valence-corrected chi connectivity index (χ1v) is 7.98. The van der Waals surface area contributed by atoms with Crippen molar-refractivity contribution in [2.75, 3.05) is 0 Å². The predicted octanol–water partition coefficient (Wildman–Crippen LogP) is 4.15. The van der Waals surface area contributed by atoms with E-state index in [1.165, 1.54) is 6.07 Å². The number of thiophene rings is 1. The van der Waals surface area contributed by atoms with Crippen molar-refractivity contribution >= 4 is 28.6 Å². The summed E-state index contributed by atoms with van der Waals surface area (Å²) in [6.45, 7) is 0.255. The second kappa shape index (κ2) is 6.07. The zero-order valence-corrected chi connectivity index (χ0v) is 12.5. The molecule has 6 heteroatoms. The molecular weight excluding hydrogens is 306 g/mol. The Morgan fingerprint density at radius 2 is 2.10 bits per heavy atom. The van der Waals surface area contributed by atoms with Crippen LogP contribution in [-0.4, -0.2) is 16.1 Å². The minimum atomic E-state index is -0.997. The van der Waals surface area contributed by atoms with Crippen molar-refractivity contribution in [3.05, 3.63) is 57.7 Å². The maximum atomic E-state index is 11.1. The van der Waals surface area contributed by atoms with Crippen LogP contribution < -0.4 is 4.74 Å². The van der Waals surface area contributed by atoms with Gasteiger partial charge in [0.2, 0.25) is 0 Å². The van der Waals surface area contributed by atoms with Gasteiger partial charge in [-0.3, -0.25) is 0 Å². The fraction of sp³-hybridized carbons (Fsp3) is 0.0667. The monoisotopic (exact) mass is 317 g/mol. The lowest BCUT2D eigenvalue weighted by atomic mass is 10.2. The van der Waals surface area contributed by atoms with Crippen LogP contribution in [0.5, 0.6) is 5.75 Å². The molecule has 4 nitrogen and oxygen atoms in total. The molecule has 2 aromatic heterocycles. The standard InChI is InChI=1S/C15H11NO3S2/c17-15(18)12-3-1-2-4-13(12)19-7-11-9-21-14(16-11)10-5-6-20-8-10/h1-6,8-9H,7H2,(H,17,18). The first-order valence-electron chi connectivity index (χ1n) is 6.16. The fourth-order valence-corrected chi connectivity index (χ4v) is 3.33. The van der Waals surface area contributed by atoms with Crippen molar-refractivity contribution in [3.8, 4) is 16.3 Å². The number of rotatable bonds is 5. The van der Waals surface area contributed by atoms with Crippen LogP contribution >= 0.6 is 22.7 Å². The van der Waals surface area contributed by atoms with Crippen molar-refractivity contribution in [2.45, 2.75) is 6.61 Å². The summed E-state index contributed by atoms with van der Waals surface area (Å²) in [6, 6.07) is 8.62. The largest absolute Gasteiger partial charge is 0.486 e. The summed E-state index contributed by atoms with van der Waals surface area (Å²) in [7, 11) is 0. The molecule has 0 aliphatic carbocycles. The van der Waals surface area contributed by atoms with E-state index in [-0.39, 0.29) is 12.2 Å². The number of hydrogen-bond donors (Lipinski definition) is 1. The molecule has 3 aromatic rings. The van der Waals surface area contributed by atoms with Gasteiger partial charge >= 0.3 is 5.97 Å². The number of carboxylic acids is 1. The minimum absolute atomic E-state index is 0.158. The van der Waals surface area contributed by atoms with Gasteiger partial charge in [-0.2, -0.15) is 11.3 Å². The van der Waals surface area contributed by atoms with Gasteiger partial charge in [0.25, 0.3) is 0 Å². The highest BCUT2D eigenvalue weighted by Gasteiger charge is 2.11. The van der Waals surface area contributed by atoms with Crippen LogP contribution in [0.15, 0.2) is 46.5 Å². The number of carbonyl (C=O) groups is 1. The number of ether oxygens (including phenoxy) is 1. The Bertz CT molecular complexity index is 750. The van der Waals surface area contributed by atoms with Crippen LogP contribution in [0.1, 0.15) is 16.1 Å². The number of hydrogen-bond acceptors (Lipinski definition) is 5. The van der Waals surface area contributed by atoms with Gasteiger partial charge in [-0.25, -0.2) is 9.78 Å². The summed E-state index contributed by atoms with van der Waals surface area (Å²) < 4.78 is 5.58. The third-order valence-electron chi connectivity index (χ3n) is 2.81. The lowest BCUT2D eigenvalue weighted by Crippen LogP contribution is -2.03. The zero-order valence-electron chi connectivity index (χ0n) is 10.9. The molecule has 0 aliphatic rings. The van der Waals surface area contributed by atoms with Crippen molar-refractivity contribution < 1.29 is 14.6 Å². The number of aromatic carboxylic acids is 1. The molecule has 0 atom stereocenters. The van der Waals surface area contributed by atoms with Crippen molar-refractivity contribution in [1.82, 2.24) is 4.98 Å². The first-order chi connectivity index (χ1) is 10.2. The van der Waals surface area contributed by atoms with Gasteiger partial charge in [-0.15, -0.1) is 11.3 Å². The molecular formula is C15H11NO3S2. The molecule has 0 saturated heterocycles. The summed E-state index contributed by atoms with van der Waals surface area (Å²) in [6.07, 6.45) is 0. The van der Waals surface area contributed by atoms with Gasteiger partial charge in [0.15, 0.2) is 0 Å². The van der Waals surface area contributed by atoms with E-state index in [2.05, 4.69) is 4.98 Å². The summed E-state index contributed by atoms with van der Waals surface area (Å²) in [5, 5.41) is 16.0. The molecule has 106 valence electrons. The third kappa shape index (κ3) is 3.12. The van der Waals surface area contributed by atoms with E-state index in [0.29, 0.717) is 5.75 Å². The number of aromatic nitrogens is 1. The van der Waals surface area contributed by atoms with Gasteiger partial charge in [0.05, 0.1) is 5.69 Å². The fourth-order valence-electron chi connectivity index (χ4n) is 1.81. The smallest absolute Gasteiger partial charge is 0.339 e. The van der Waals surface area contributed by atoms with Crippen molar-refractivity contribution in [1.29, 1.82) is 0 Å². The average molecular weight is 317 g/mol. The van der Waals surface area contributed by atoms with E-state index < -0.39 is 5.97 Å². The van der Waals surface area contributed by atoms with Gasteiger partial charge in [0, 0.05) is 16.3 Å². The van der Waals surface area contributed by atoms with Crippen molar-refractivity contribution in [3.63, 3.8) is 0 Å². The summed E-state index contributed by atoms with van der Waals surface area (Å²) >= 11 is 3.18. The Labute approximate surface area is 129 Å². The summed E-state index contributed by atoms with van der Waals surface area (Å²) in [5.41, 5.74) is 2.05. The van der Waals surface area contributed by atoms with Gasteiger partial charge in [-0.1, -0.05) is 12.1 Å². The highest BCUT2D eigenvalue weighted by atomic mass is 32.1. The van der Waals surface area contributed by atoms with E-state index in [0.717, 1.165) is 16.3 Å². The minimum Gasteiger partial charge on any atom is -0.486 e. The number of nitrogens with zero attached hydrogens (tertiary/aromatic N) is 1. The van der Waals surface area contributed by atoms with E-state index in [4.69, 9.17) is 9.84 Å². The second-order valence-corrected chi connectivity index (χ2v) is 5.88. The molecule has 1 aromatic carbocycles. The van der Waals surface area contributed by atoms with Crippen molar-refractivity contribution in [2.24, 2.45) is 0 Å². The highest BCUT2D eigenvalue weighted by molar-refractivity contribution is 7.14. The number of para-hydroxylation sites is 1. The topological polar surface area (TPSA) is 59.4 Å². The number of thiazole rings is 1. The van der Waals surface area contributed by atoms with Crippen LogP contribution in [0, 0.1) is 0 Å². The Balaban J connectivity index is 1.73. The lowest BCUT2D eigenvalue weighted by Gasteiger charge is -2.07. The van der Waals surface area contributed by atoms with E-state index in [9.17, 15) is 4.79 Å². The van der Waals surface area contributed by atoms with Crippen LogP contribution in [0.4, 0.5) is 0 Å². The normalized spacial score (nSPS) is 10.5. The van der Waals surface area contributed by atoms with E-state index in [1.807, 2.05) is 22.2 Å². The molecule has 0 unspecified atom stereocenters. The molecule has 0 amide bonds. The predicted molar refractivity (Wildman–Crippen MR) is 83.2 cm³/mol. The summed E-state index contributed by atoms with van der Waals surface area (Å²) in [4.78, 5) is 15.6. The van der Waals surface area contributed by atoms with Gasteiger partial charge in [0.1, 0.15) is 22.9 Å². The molecule has 0 radical (unpaired) electrons. The molecule has 3 rings (SSSR count). The molecule has 0 spiro atoms. The Hall–Kier alpha value is -2.18. The average Bonchev–Trinajstić information content (AvgIpc) is 3.16. The molecule has 1 N–H and O–H groups in total. The Morgan fingerprint density at radius 3 is 2.86 bits per heavy atom. The Morgan fingerprint density at radius 1 is 1.24 bits per heavy atom. The molecule has 2 heterocycles. The Kier molecular flexibility index (Phi) is 3.98. The van der Waals surface area contributed by atoms with Gasteiger partial charge < -0.3 is 9.84 Å². The zero-order chi connectivity index (χ0) is 14.7. The number of benzene rings is 1. The SMILES string of the molecule is O=C(O)c1ccccc1OCc1csc(-c2ccsc2)n1. The van der Waals surface area contributed by atoms with Crippen LogP contribution in [0.2, 0.25) is 0 Å². The quantitative estimate of drug-likeness (QED) is 0.768. The molecule has 0 aliphatic heterocycles. The second-order valence-electron chi connectivity index (χ2n) is 4.25. The van der Waals surface area contributed by atoms with E-state index >= 15 is 0 Å². The first kappa shape index (κ1) is 13.8. The third-order valence-corrected chi connectivity index (χ3v) is 4.44. The summed E-state index contributed by atoms with van der Waals surface area (Å²) in [5.74, 6) is -0.641. The van der Waals surface area contributed by atoms with Crippen LogP contribution in [-0.2, 0) is 6.61 Å². The maximum absolute atomic E-state index is 11.1. The number of carboxylic acid groups (broad SMARTS) is 1. The molecule has 0 bridgehead atoms. The molecule has 0 fully saturated rings. The van der Waals surface area contributed by atoms with E-state index in [1.54, 1.807) is 40.9 Å². The molecule has 0 saturated carbocycles. The highest BCUT2D eigenvalue weighted by Crippen LogP contribution is 2.26. The lowest BCUT2D eigenvalue weighted by molar-refractivity contribution is 0.0691. The molecule has 21 heavy (non-hydrogen) atoms. The maximum Gasteiger partial charge on any atom is 0.339 e. The van der Waals surface area contributed by atoms with Crippen LogP contribution in [0.25, 0.3) is 10.6 Å².